The molecule has 30 heavy (non-hydrogen) atoms. The maximum Gasteiger partial charge on any atom is 0.416 e. The molecule has 13 heteroatoms. The molecule has 0 radical (unpaired) electrons. The molecule has 9 nitrogen and oxygen atoms in total. The van der Waals surface area contributed by atoms with E-state index < -0.39 is 43.2 Å². The molecule has 0 spiro atoms. The lowest BCUT2D eigenvalue weighted by Crippen LogP contribution is -2.16. The summed E-state index contributed by atoms with van der Waals surface area (Å²) in [6, 6.07) is 7.76. The number of nitrogens with zero attached hydrogens (tertiary/aromatic N) is 2. The minimum atomic E-state index is -4.91. The number of sulfonamides is 1. The Labute approximate surface area is 166 Å². The SMILES string of the molecule is O=C(O)c1ccc2cccc(NS(=O)(=O)c3ccc(C(F)(F)F)cc3[N+](=O)[O-])c2n1. The number of carboxylic acid groups (broad SMARTS) is 1. The third-order valence-electron chi connectivity index (χ3n) is 3.96. The minimum absolute atomic E-state index is 0.0597. The van der Waals surface area contributed by atoms with E-state index in [1.165, 1.54) is 30.3 Å². The molecule has 2 N–H and O–H groups in total. The van der Waals surface area contributed by atoms with Gasteiger partial charge in [-0.15, -0.1) is 0 Å². The number of nitro groups is 1. The zero-order valence-corrected chi connectivity index (χ0v) is 15.4. The Hall–Kier alpha value is -3.74. The molecule has 0 atom stereocenters. The zero-order chi connectivity index (χ0) is 22.3. The van der Waals surface area contributed by atoms with Crippen LogP contribution in [0.25, 0.3) is 10.9 Å². The number of halogens is 3. The Balaban J connectivity index is 2.13. The number of fused-ring (bicyclic) bond motifs is 1. The topological polar surface area (TPSA) is 140 Å². The lowest BCUT2D eigenvalue weighted by Gasteiger charge is -2.12. The summed E-state index contributed by atoms with van der Waals surface area (Å²) in [4.78, 5) is 23.9. The molecule has 1 aromatic heterocycles. The normalized spacial score (nSPS) is 12.0. The maximum absolute atomic E-state index is 12.8. The van der Waals surface area contributed by atoms with E-state index in [2.05, 4.69) is 4.98 Å². The number of anilines is 1. The van der Waals surface area contributed by atoms with Crippen LogP contribution >= 0.6 is 0 Å². The molecule has 0 saturated carbocycles. The molecule has 0 bridgehead atoms. The van der Waals surface area contributed by atoms with Crippen LogP contribution in [0.3, 0.4) is 0 Å². The molecule has 0 aliphatic rings. The molecule has 0 unspecified atom stereocenters. The van der Waals surface area contributed by atoms with Crippen molar-refractivity contribution < 1.29 is 36.4 Å². The van der Waals surface area contributed by atoms with Gasteiger partial charge in [-0.05, 0) is 24.3 Å². The highest BCUT2D eigenvalue weighted by Crippen LogP contribution is 2.35. The van der Waals surface area contributed by atoms with E-state index in [0.29, 0.717) is 17.5 Å². The summed E-state index contributed by atoms with van der Waals surface area (Å²) in [5, 5.41) is 20.6. The molecule has 1 heterocycles. The van der Waals surface area contributed by atoms with E-state index in [1.807, 2.05) is 4.72 Å². The van der Waals surface area contributed by atoms with Crippen LogP contribution < -0.4 is 4.72 Å². The molecule has 0 amide bonds. The zero-order valence-electron chi connectivity index (χ0n) is 14.5. The van der Waals surface area contributed by atoms with Crippen molar-refractivity contribution in [3.05, 3.63) is 69.9 Å². The molecule has 3 rings (SSSR count). The average Bonchev–Trinajstić information content (AvgIpc) is 2.66. The molecule has 0 aliphatic carbocycles. The fourth-order valence-electron chi connectivity index (χ4n) is 2.61. The standard InChI is InChI=1S/C17H10F3N3O6S/c18-17(19,20)10-5-7-14(13(8-10)23(26)27)30(28,29)22-11-3-1-2-9-4-6-12(16(24)25)21-15(9)11/h1-8,22H,(H,24,25). The number of alkyl halides is 3. The Bertz CT molecular complexity index is 1290. The summed E-state index contributed by atoms with van der Waals surface area (Å²) < 4.78 is 66.0. The van der Waals surface area contributed by atoms with E-state index in [-0.39, 0.29) is 23.0 Å². The number of para-hydroxylation sites is 1. The number of pyridine rings is 1. The quantitative estimate of drug-likeness (QED) is 0.455. The average molecular weight is 441 g/mol. The second-order valence-corrected chi connectivity index (χ2v) is 7.57. The van der Waals surface area contributed by atoms with Crippen LogP contribution in [0.4, 0.5) is 24.5 Å². The van der Waals surface area contributed by atoms with Crippen LogP contribution in [0.5, 0.6) is 0 Å². The van der Waals surface area contributed by atoms with Crippen molar-refractivity contribution in [3.8, 4) is 0 Å². The van der Waals surface area contributed by atoms with Crippen LogP contribution in [0, 0.1) is 10.1 Å². The monoisotopic (exact) mass is 441 g/mol. The fraction of sp³-hybridized carbons (Fsp3) is 0.0588. The molecular formula is C17H10F3N3O6S. The number of hydrogen-bond donors (Lipinski definition) is 2. The number of aromatic nitrogens is 1. The van der Waals surface area contributed by atoms with Crippen LogP contribution in [0.15, 0.2) is 53.4 Å². The van der Waals surface area contributed by atoms with Gasteiger partial charge in [0.25, 0.3) is 15.7 Å². The molecule has 156 valence electrons. The van der Waals surface area contributed by atoms with E-state index in [0.717, 1.165) is 0 Å². The smallest absolute Gasteiger partial charge is 0.416 e. The van der Waals surface area contributed by atoms with Gasteiger partial charge in [0.15, 0.2) is 4.90 Å². The first-order valence-electron chi connectivity index (χ1n) is 7.91. The number of aromatic carboxylic acids is 1. The van der Waals surface area contributed by atoms with Gasteiger partial charge in [0.05, 0.1) is 21.7 Å². The van der Waals surface area contributed by atoms with Crippen LogP contribution in [0.2, 0.25) is 0 Å². The largest absolute Gasteiger partial charge is 0.477 e. The molecule has 0 aliphatic heterocycles. The lowest BCUT2D eigenvalue weighted by molar-refractivity contribution is -0.388. The predicted octanol–water partition coefficient (Wildman–Crippen LogP) is 3.66. The fourth-order valence-corrected chi connectivity index (χ4v) is 3.83. The summed E-state index contributed by atoms with van der Waals surface area (Å²) in [5.74, 6) is -1.37. The Kier molecular flexibility index (Phi) is 5.08. The van der Waals surface area contributed by atoms with Crippen molar-refractivity contribution in [1.82, 2.24) is 4.98 Å². The Morgan fingerprint density at radius 2 is 1.83 bits per heavy atom. The van der Waals surface area contributed by atoms with Crippen molar-refractivity contribution >= 4 is 38.3 Å². The number of nitrogens with one attached hydrogen (secondary N) is 1. The third kappa shape index (κ3) is 4.00. The molecule has 2 aromatic carbocycles. The Morgan fingerprint density at radius 1 is 1.13 bits per heavy atom. The highest BCUT2D eigenvalue weighted by Gasteiger charge is 2.35. The third-order valence-corrected chi connectivity index (χ3v) is 5.37. The number of benzene rings is 2. The summed E-state index contributed by atoms with van der Waals surface area (Å²) in [5.41, 5.74) is -3.29. The van der Waals surface area contributed by atoms with E-state index in [1.54, 1.807) is 0 Å². The van der Waals surface area contributed by atoms with E-state index in [9.17, 15) is 36.5 Å². The van der Waals surface area contributed by atoms with Gasteiger partial charge in [-0.25, -0.2) is 18.2 Å². The van der Waals surface area contributed by atoms with Gasteiger partial charge in [0.1, 0.15) is 5.69 Å². The van der Waals surface area contributed by atoms with Crippen molar-refractivity contribution in [2.45, 2.75) is 11.1 Å². The van der Waals surface area contributed by atoms with Gasteiger partial charge in [-0.2, -0.15) is 13.2 Å². The molecule has 0 saturated heterocycles. The van der Waals surface area contributed by atoms with Crippen LogP contribution in [-0.2, 0) is 16.2 Å². The van der Waals surface area contributed by atoms with Gasteiger partial charge >= 0.3 is 12.1 Å². The van der Waals surface area contributed by atoms with Crippen molar-refractivity contribution in [2.75, 3.05) is 4.72 Å². The minimum Gasteiger partial charge on any atom is -0.477 e. The highest BCUT2D eigenvalue weighted by atomic mass is 32.2. The number of rotatable bonds is 5. The predicted molar refractivity (Wildman–Crippen MR) is 97.6 cm³/mol. The second-order valence-electron chi connectivity index (χ2n) is 5.92. The second kappa shape index (κ2) is 7.26. The van der Waals surface area contributed by atoms with Gasteiger partial charge in [-0.1, -0.05) is 18.2 Å². The van der Waals surface area contributed by atoms with Gasteiger partial charge in [0, 0.05) is 11.5 Å². The lowest BCUT2D eigenvalue weighted by atomic mass is 10.2. The number of hydrogen-bond acceptors (Lipinski definition) is 6. The first kappa shape index (κ1) is 21.0. The first-order valence-corrected chi connectivity index (χ1v) is 9.40. The molecule has 0 fully saturated rings. The van der Waals surface area contributed by atoms with Crippen LogP contribution in [0.1, 0.15) is 16.1 Å². The molecular weight excluding hydrogens is 431 g/mol. The maximum atomic E-state index is 12.8. The number of nitro benzene ring substituents is 1. The Morgan fingerprint density at radius 3 is 2.43 bits per heavy atom. The molecule has 3 aromatic rings. The summed E-state index contributed by atoms with van der Waals surface area (Å²) in [6.07, 6.45) is -4.91. The van der Waals surface area contributed by atoms with E-state index >= 15 is 0 Å². The number of carbonyl (C=O) groups is 1. The van der Waals surface area contributed by atoms with Crippen molar-refractivity contribution in [1.29, 1.82) is 0 Å². The number of carboxylic acids is 1. The van der Waals surface area contributed by atoms with Crippen molar-refractivity contribution in [2.24, 2.45) is 0 Å². The van der Waals surface area contributed by atoms with Gasteiger partial charge in [0.2, 0.25) is 0 Å². The van der Waals surface area contributed by atoms with Crippen molar-refractivity contribution in [3.63, 3.8) is 0 Å². The van der Waals surface area contributed by atoms with E-state index in [4.69, 9.17) is 5.11 Å². The summed E-state index contributed by atoms with van der Waals surface area (Å²) in [6.45, 7) is 0. The van der Waals surface area contributed by atoms with Gasteiger partial charge < -0.3 is 5.11 Å². The first-order chi connectivity index (χ1) is 13.9. The summed E-state index contributed by atoms with van der Waals surface area (Å²) >= 11 is 0. The highest BCUT2D eigenvalue weighted by molar-refractivity contribution is 7.92. The van der Waals surface area contributed by atoms with Crippen LogP contribution in [-0.4, -0.2) is 29.4 Å². The van der Waals surface area contributed by atoms with Gasteiger partial charge in [-0.3, -0.25) is 14.8 Å². The summed E-state index contributed by atoms with van der Waals surface area (Å²) in [7, 11) is -4.72.